The van der Waals surface area contributed by atoms with E-state index in [9.17, 15) is 9.59 Å². The number of nitrogens with one attached hydrogen (secondary N) is 2. The standard InChI is InChI=1S/C15H12Cl2N2O3/c16-9-5-6-13(19-14(20)8-18-22)11(7-9)15(21)10-3-1-2-4-12(10)17/h1-7,18,22H,8H2,(H,19,20). The lowest BCUT2D eigenvalue weighted by atomic mass is 10.0. The molecule has 0 aliphatic heterocycles. The summed E-state index contributed by atoms with van der Waals surface area (Å²) in [6, 6.07) is 11.1. The molecule has 0 bridgehead atoms. The lowest BCUT2D eigenvalue weighted by molar-refractivity contribution is -0.116. The molecule has 114 valence electrons. The van der Waals surface area contributed by atoms with Gasteiger partial charge in [0.1, 0.15) is 6.54 Å². The minimum atomic E-state index is -0.502. The van der Waals surface area contributed by atoms with Crippen molar-refractivity contribution < 1.29 is 14.8 Å². The summed E-state index contributed by atoms with van der Waals surface area (Å²) in [5.41, 5.74) is 2.55. The average Bonchev–Trinajstić information content (AvgIpc) is 2.49. The maximum Gasteiger partial charge on any atom is 0.240 e. The monoisotopic (exact) mass is 338 g/mol. The molecule has 0 aliphatic carbocycles. The van der Waals surface area contributed by atoms with Gasteiger partial charge in [0.25, 0.3) is 0 Å². The normalized spacial score (nSPS) is 10.3. The maximum atomic E-state index is 12.6. The highest BCUT2D eigenvalue weighted by molar-refractivity contribution is 6.36. The first kappa shape index (κ1) is 16.5. The van der Waals surface area contributed by atoms with Crippen LogP contribution < -0.4 is 10.8 Å². The van der Waals surface area contributed by atoms with Gasteiger partial charge in [-0.2, -0.15) is 5.48 Å². The fraction of sp³-hybridized carbons (Fsp3) is 0.0667. The van der Waals surface area contributed by atoms with Gasteiger partial charge in [0.05, 0.1) is 10.7 Å². The van der Waals surface area contributed by atoms with Crippen molar-refractivity contribution in [2.24, 2.45) is 0 Å². The molecule has 0 fully saturated rings. The van der Waals surface area contributed by atoms with Crippen LogP contribution in [0.4, 0.5) is 5.69 Å². The summed E-state index contributed by atoms with van der Waals surface area (Å²) in [6.45, 7) is -0.303. The second-order valence-corrected chi connectivity index (χ2v) is 5.23. The van der Waals surface area contributed by atoms with E-state index in [0.29, 0.717) is 15.6 Å². The van der Waals surface area contributed by atoms with Crippen LogP contribution in [0.3, 0.4) is 0 Å². The molecular formula is C15H12Cl2N2O3. The molecule has 2 aromatic rings. The van der Waals surface area contributed by atoms with E-state index in [1.807, 2.05) is 0 Å². The van der Waals surface area contributed by atoms with E-state index >= 15 is 0 Å². The van der Waals surface area contributed by atoms with Crippen LogP contribution in [0.1, 0.15) is 15.9 Å². The van der Waals surface area contributed by atoms with E-state index in [2.05, 4.69) is 5.32 Å². The fourth-order valence-corrected chi connectivity index (χ4v) is 2.26. The number of anilines is 1. The first-order valence-electron chi connectivity index (χ1n) is 6.28. The number of hydrogen-bond donors (Lipinski definition) is 3. The Morgan fingerprint density at radius 2 is 1.77 bits per heavy atom. The van der Waals surface area contributed by atoms with Gasteiger partial charge >= 0.3 is 0 Å². The van der Waals surface area contributed by atoms with E-state index in [-0.39, 0.29) is 23.6 Å². The Kier molecular flexibility index (Phi) is 5.51. The smallest absolute Gasteiger partial charge is 0.240 e. The third kappa shape index (κ3) is 3.84. The zero-order valence-corrected chi connectivity index (χ0v) is 12.8. The predicted molar refractivity (Wildman–Crippen MR) is 84.8 cm³/mol. The molecule has 5 nitrogen and oxygen atoms in total. The van der Waals surface area contributed by atoms with Gasteiger partial charge in [0.2, 0.25) is 5.91 Å². The van der Waals surface area contributed by atoms with Gasteiger partial charge in [-0.1, -0.05) is 35.3 Å². The highest BCUT2D eigenvalue weighted by atomic mass is 35.5. The molecule has 1 amide bonds. The molecule has 0 heterocycles. The van der Waals surface area contributed by atoms with Crippen molar-refractivity contribution in [2.75, 3.05) is 11.9 Å². The highest BCUT2D eigenvalue weighted by Crippen LogP contribution is 2.26. The SMILES string of the molecule is O=C(CNO)Nc1ccc(Cl)cc1C(=O)c1ccccc1Cl. The summed E-state index contributed by atoms with van der Waals surface area (Å²) in [4.78, 5) is 24.2. The average molecular weight is 339 g/mol. The Hall–Kier alpha value is -1.92. The molecule has 22 heavy (non-hydrogen) atoms. The van der Waals surface area contributed by atoms with Crippen molar-refractivity contribution in [2.45, 2.75) is 0 Å². The minimum Gasteiger partial charge on any atom is -0.324 e. The van der Waals surface area contributed by atoms with Crippen molar-refractivity contribution in [1.29, 1.82) is 0 Å². The topological polar surface area (TPSA) is 78.4 Å². The quantitative estimate of drug-likeness (QED) is 0.578. The van der Waals surface area contributed by atoms with Crippen LogP contribution in [0.2, 0.25) is 10.0 Å². The van der Waals surface area contributed by atoms with Gasteiger partial charge in [-0.3, -0.25) is 9.59 Å². The molecular weight excluding hydrogens is 327 g/mol. The summed E-state index contributed by atoms with van der Waals surface area (Å²) in [7, 11) is 0. The minimum absolute atomic E-state index is 0.215. The zero-order chi connectivity index (χ0) is 16.1. The number of hydrogen-bond acceptors (Lipinski definition) is 4. The molecule has 0 saturated heterocycles. The Balaban J connectivity index is 2.41. The zero-order valence-electron chi connectivity index (χ0n) is 11.3. The van der Waals surface area contributed by atoms with E-state index in [0.717, 1.165) is 0 Å². The molecule has 3 N–H and O–H groups in total. The Morgan fingerprint density at radius 3 is 2.45 bits per heavy atom. The van der Waals surface area contributed by atoms with Crippen molar-refractivity contribution in [3.8, 4) is 0 Å². The van der Waals surface area contributed by atoms with E-state index in [1.54, 1.807) is 35.8 Å². The number of hydroxylamine groups is 1. The fourth-order valence-electron chi connectivity index (χ4n) is 1.87. The first-order chi connectivity index (χ1) is 10.5. The second kappa shape index (κ2) is 7.38. The summed E-state index contributed by atoms with van der Waals surface area (Å²) >= 11 is 12.0. The van der Waals surface area contributed by atoms with Crippen LogP contribution in [0.5, 0.6) is 0 Å². The number of benzene rings is 2. The van der Waals surface area contributed by atoms with Gasteiger partial charge in [0.15, 0.2) is 5.78 Å². The number of amides is 1. The molecule has 2 aromatic carbocycles. The van der Waals surface area contributed by atoms with Crippen LogP contribution >= 0.6 is 23.2 Å². The van der Waals surface area contributed by atoms with Gasteiger partial charge < -0.3 is 10.5 Å². The highest BCUT2D eigenvalue weighted by Gasteiger charge is 2.18. The Morgan fingerprint density at radius 1 is 1.05 bits per heavy atom. The maximum absolute atomic E-state index is 12.6. The summed E-state index contributed by atoms with van der Waals surface area (Å²) in [5.74, 6) is -0.863. The van der Waals surface area contributed by atoms with E-state index in [4.69, 9.17) is 28.4 Å². The number of carbonyl (C=O) groups excluding carboxylic acids is 2. The summed E-state index contributed by atoms with van der Waals surface area (Å²) in [5, 5.41) is 11.7. The second-order valence-electron chi connectivity index (χ2n) is 4.38. The number of rotatable bonds is 5. The third-order valence-corrected chi connectivity index (χ3v) is 3.42. The molecule has 0 spiro atoms. The number of ketones is 1. The molecule has 0 aromatic heterocycles. The molecule has 0 saturated carbocycles. The van der Waals surface area contributed by atoms with Crippen molar-refractivity contribution in [1.82, 2.24) is 5.48 Å². The largest absolute Gasteiger partial charge is 0.324 e. The third-order valence-electron chi connectivity index (χ3n) is 2.86. The molecule has 0 unspecified atom stereocenters. The van der Waals surface area contributed by atoms with Crippen molar-refractivity contribution in [3.63, 3.8) is 0 Å². The first-order valence-corrected chi connectivity index (χ1v) is 7.04. The Labute approximate surface area is 136 Å². The lowest BCUT2D eigenvalue weighted by Crippen LogP contribution is -2.26. The summed E-state index contributed by atoms with van der Waals surface area (Å²) < 4.78 is 0. The number of carbonyl (C=O) groups is 2. The number of halogens is 2. The lowest BCUT2D eigenvalue weighted by Gasteiger charge is -2.11. The molecule has 0 atom stereocenters. The molecule has 0 radical (unpaired) electrons. The molecule has 2 rings (SSSR count). The summed E-state index contributed by atoms with van der Waals surface area (Å²) in [6.07, 6.45) is 0. The van der Waals surface area contributed by atoms with Gasteiger partial charge in [-0.25, -0.2) is 0 Å². The van der Waals surface area contributed by atoms with Crippen LogP contribution in [0.25, 0.3) is 0 Å². The van der Waals surface area contributed by atoms with Crippen LogP contribution in [-0.4, -0.2) is 23.4 Å². The van der Waals surface area contributed by atoms with Crippen LogP contribution in [0.15, 0.2) is 42.5 Å². The van der Waals surface area contributed by atoms with Crippen molar-refractivity contribution >= 4 is 40.6 Å². The van der Waals surface area contributed by atoms with E-state index < -0.39 is 5.91 Å². The van der Waals surface area contributed by atoms with Gasteiger partial charge in [-0.15, -0.1) is 0 Å². The van der Waals surface area contributed by atoms with Crippen LogP contribution in [0, 0.1) is 0 Å². The van der Waals surface area contributed by atoms with Gasteiger partial charge in [-0.05, 0) is 30.3 Å². The van der Waals surface area contributed by atoms with E-state index in [1.165, 1.54) is 12.1 Å². The predicted octanol–water partition coefficient (Wildman–Crippen LogP) is 3.14. The molecule has 0 aliphatic rings. The molecule has 7 heteroatoms. The van der Waals surface area contributed by atoms with Crippen LogP contribution in [-0.2, 0) is 4.79 Å². The van der Waals surface area contributed by atoms with Crippen molar-refractivity contribution in [3.05, 3.63) is 63.6 Å². The van der Waals surface area contributed by atoms with Gasteiger partial charge in [0, 0.05) is 16.1 Å². The Bertz CT molecular complexity index is 720.